The van der Waals surface area contributed by atoms with Crippen molar-refractivity contribution in [2.75, 3.05) is 54.0 Å². The second kappa shape index (κ2) is 11.6. The Hall–Kier alpha value is -4.06. The predicted molar refractivity (Wildman–Crippen MR) is 160 cm³/mol. The molecular formula is C28H35N9O2S. The van der Waals surface area contributed by atoms with Gasteiger partial charge in [-0.05, 0) is 45.0 Å². The van der Waals surface area contributed by atoms with Gasteiger partial charge in [0.2, 0.25) is 5.95 Å². The Balaban J connectivity index is 1.24. The molecule has 1 amide bonds. The number of hydrogen-bond acceptors (Lipinski definition) is 10. The first-order valence-electron chi connectivity index (χ1n) is 13.2. The average molecular weight is 562 g/mol. The summed E-state index contributed by atoms with van der Waals surface area (Å²) in [6, 6.07) is 10.00. The predicted octanol–water partition coefficient (Wildman–Crippen LogP) is 4.78. The van der Waals surface area contributed by atoms with E-state index in [4.69, 9.17) is 9.72 Å². The molecule has 0 aliphatic carbocycles. The van der Waals surface area contributed by atoms with E-state index >= 15 is 0 Å². The zero-order chi connectivity index (χ0) is 28.3. The van der Waals surface area contributed by atoms with Gasteiger partial charge in [-0.25, -0.2) is 19.7 Å². The lowest BCUT2D eigenvalue weighted by atomic mass is 10.2. The molecule has 12 heteroatoms. The summed E-state index contributed by atoms with van der Waals surface area (Å²) in [4.78, 5) is 34.7. The highest BCUT2D eigenvalue weighted by Gasteiger charge is 2.26. The van der Waals surface area contributed by atoms with Crippen LogP contribution in [0.1, 0.15) is 26.3 Å². The number of carbonyl (C=O) groups is 1. The van der Waals surface area contributed by atoms with Gasteiger partial charge < -0.3 is 28.7 Å². The van der Waals surface area contributed by atoms with E-state index in [1.165, 1.54) is 0 Å². The van der Waals surface area contributed by atoms with Gasteiger partial charge in [0, 0.05) is 69.0 Å². The van der Waals surface area contributed by atoms with Crippen molar-refractivity contribution in [2.24, 2.45) is 0 Å². The molecule has 1 aliphatic rings. The molecule has 0 unspecified atom stereocenters. The largest absolute Gasteiger partial charge is 0.444 e. The van der Waals surface area contributed by atoms with Crippen LogP contribution in [-0.2, 0) is 11.3 Å². The number of amides is 1. The van der Waals surface area contributed by atoms with E-state index < -0.39 is 5.60 Å². The minimum atomic E-state index is -0.494. The number of hydrogen-bond donors (Lipinski definition) is 1. The van der Waals surface area contributed by atoms with Crippen LogP contribution < -0.4 is 14.5 Å². The Labute approximate surface area is 238 Å². The molecule has 5 rings (SSSR count). The molecule has 40 heavy (non-hydrogen) atoms. The van der Waals surface area contributed by atoms with Gasteiger partial charge in [0.25, 0.3) is 0 Å². The third kappa shape index (κ3) is 6.39. The van der Waals surface area contributed by atoms with Gasteiger partial charge in [-0.3, -0.25) is 0 Å². The molecule has 5 heterocycles. The molecule has 0 saturated carbocycles. The molecule has 4 aromatic rings. The van der Waals surface area contributed by atoms with Gasteiger partial charge in [-0.1, -0.05) is 18.0 Å². The smallest absolute Gasteiger partial charge is 0.410 e. The Morgan fingerprint density at radius 2 is 1.88 bits per heavy atom. The minimum Gasteiger partial charge on any atom is -0.444 e. The van der Waals surface area contributed by atoms with Crippen LogP contribution in [0.4, 0.5) is 28.1 Å². The van der Waals surface area contributed by atoms with Crippen molar-refractivity contribution in [3.8, 4) is 0 Å². The summed E-state index contributed by atoms with van der Waals surface area (Å²) in [6.07, 6.45) is 9.25. The van der Waals surface area contributed by atoms with E-state index in [1.807, 2.05) is 83.1 Å². The highest BCUT2D eigenvalue weighted by Crippen LogP contribution is 2.25. The van der Waals surface area contributed by atoms with Crippen molar-refractivity contribution in [1.82, 2.24) is 29.4 Å². The van der Waals surface area contributed by atoms with Gasteiger partial charge in [0.1, 0.15) is 22.9 Å². The molecule has 1 aliphatic heterocycles. The van der Waals surface area contributed by atoms with Crippen molar-refractivity contribution >= 4 is 52.3 Å². The SMILES string of the molecule is CSN(C)c1ncccc1Cn1ccc2cnc(Nc3ccc(N4CCN(C(=O)OC(C)(C)C)CC4)cn3)nc21. The molecule has 210 valence electrons. The lowest BCUT2D eigenvalue weighted by Gasteiger charge is -2.36. The number of nitrogens with one attached hydrogen (secondary N) is 1. The van der Waals surface area contributed by atoms with Crippen LogP contribution in [-0.4, -0.2) is 80.6 Å². The summed E-state index contributed by atoms with van der Waals surface area (Å²) in [7, 11) is 2.01. The zero-order valence-corrected chi connectivity index (χ0v) is 24.4. The molecule has 0 bridgehead atoms. The number of anilines is 4. The molecule has 4 aromatic heterocycles. The molecule has 0 radical (unpaired) electrons. The summed E-state index contributed by atoms with van der Waals surface area (Å²) in [6.45, 7) is 8.94. The highest BCUT2D eigenvalue weighted by molar-refractivity contribution is 7.99. The fourth-order valence-electron chi connectivity index (χ4n) is 4.50. The summed E-state index contributed by atoms with van der Waals surface area (Å²) in [5.41, 5.74) is 2.45. The maximum Gasteiger partial charge on any atom is 0.410 e. The van der Waals surface area contributed by atoms with Crippen molar-refractivity contribution in [3.05, 3.63) is 60.7 Å². The fourth-order valence-corrected chi connectivity index (χ4v) is 4.84. The van der Waals surface area contributed by atoms with E-state index in [9.17, 15) is 4.79 Å². The van der Waals surface area contributed by atoms with E-state index in [1.54, 1.807) is 16.8 Å². The zero-order valence-electron chi connectivity index (χ0n) is 23.5. The number of ether oxygens (including phenoxy) is 1. The van der Waals surface area contributed by atoms with Crippen LogP contribution in [0.5, 0.6) is 0 Å². The van der Waals surface area contributed by atoms with Gasteiger partial charge in [-0.15, -0.1) is 0 Å². The van der Waals surface area contributed by atoms with Crippen LogP contribution in [0.25, 0.3) is 11.0 Å². The van der Waals surface area contributed by atoms with Crippen molar-refractivity contribution in [1.29, 1.82) is 0 Å². The molecule has 0 atom stereocenters. The molecule has 1 N–H and O–H groups in total. The van der Waals surface area contributed by atoms with Crippen LogP contribution in [0.3, 0.4) is 0 Å². The first-order chi connectivity index (χ1) is 19.2. The summed E-state index contributed by atoms with van der Waals surface area (Å²) >= 11 is 1.62. The van der Waals surface area contributed by atoms with Gasteiger partial charge >= 0.3 is 6.09 Å². The Morgan fingerprint density at radius 3 is 2.58 bits per heavy atom. The van der Waals surface area contributed by atoms with Gasteiger partial charge in [0.05, 0.1) is 18.4 Å². The fraction of sp³-hybridized carbons (Fsp3) is 0.393. The average Bonchev–Trinajstić information content (AvgIpc) is 3.34. The van der Waals surface area contributed by atoms with Crippen LogP contribution in [0.2, 0.25) is 0 Å². The molecule has 11 nitrogen and oxygen atoms in total. The normalized spacial score (nSPS) is 13.9. The molecule has 0 spiro atoms. The maximum absolute atomic E-state index is 12.4. The molecular weight excluding hydrogens is 526 g/mol. The monoisotopic (exact) mass is 561 g/mol. The molecule has 0 aromatic carbocycles. The first kappa shape index (κ1) is 27.5. The first-order valence-corrected chi connectivity index (χ1v) is 14.4. The minimum absolute atomic E-state index is 0.263. The van der Waals surface area contributed by atoms with Crippen LogP contribution in [0, 0.1) is 0 Å². The topological polar surface area (TPSA) is 105 Å². The summed E-state index contributed by atoms with van der Waals surface area (Å²) < 4.78 is 9.65. The van der Waals surface area contributed by atoms with Crippen LogP contribution >= 0.6 is 11.9 Å². The van der Waals surface area contributed by atoms with Crippen LogP contribution in [0.15, 0.2) is 55.1 Å². The number of piperazine rings is 1. The van der Waals surface area contributed by atoms with E-state index in [0.29, 0.717) is 31.4 Å². The van der Waals surface area contributed by atoms with Crippen molar-refractivity contribution < 1.29 is 9.53 Å². The number of pyridine rings is 2. The quantitative estimate of drug-likeness (QED) is 0.317. The lowest BCUT2D eigenvalue weighted by Crippen LogP contribution is -2.50. The van der Waals surface area contributed by atoms with Gasteiger partial charge in [0.15, 0.2) is 0 Å². The second-order valence-corrected chi connectivity index (χ2v) is 11.5. The second-order valence-electron chi connectivity index (χ2n) is 10.6. The number of fused-ring (bicyclic) bond motifs is 1. The number of aromatic nitrogens is 5. The molecule has 1 saturated heterocycles. The Morgan fingerprint density at radius 1 is 1.07 bits per heavy atom. The van der Waals surface area contributed by atoms with Crippen molar-refractivity contribution in [3.63, 3.8) is 0 Å². The van der Waals surface area contributed by atoms with E-state index in [-0.39, 0.29) is 6.09 Å². The number of carbonyl (C=O) groups excluding carboxylic acids is 1. The third-order valence-electron chi connectivity index (χ3n) is 6.57. The van der Waals surface area contributed by atoms with Crippen molar-refractivity contribution in [2.45, 2.75) is 32.9 Å². The Bertz CT molecular complexity index is 1460. The van der Waals surface area contributed by atoms with Gasteiger partial charge in [-0.2, -0.15) is 4.98 Å². The lowest BCUT2D eigenvalue weighted by molar-refractivity contribution is 0.0240. The number of rotatable bonds is 7. The molecule has 1 fully saturated rings. The standard InChI is InChI=1S/C28H35N9O2S/c1-28(2,3)39-27(38)36-15-13-35(14-16-36)22-8-9-23(30-18-22)32-26-31-17-20-10-12-37(25(20)33-26)19-21-7-6-11-29-24(21)34(4)40-5/h6-12,17-18H,13-16,19H2,1-5H3,(H,30,31,32,33). The highest BCUT2D eigenvalue weighted by atomic mass is 32.2. The summed E-state index contributed by atoms with van der Waals surface area (Å²) in [5, 5.41) is 4.19. The number of nitrogens with zero attached hydrogens (tertiary/aromatic N) is 8. The summed E-state index contributed by atoms with van der Waals surface area (Å²) in [5.74, 6) is 2.07. The third-order valence-corrected chi connectivity index (χ3v) is 7.29. The Kier molecular flexibility index (Phi) is 7.97. The maximum atomic E-state index is 12.4. The van der Waals surface area contributed by atoms with E-state index in [0.717, 1.165) is 41.2 Å². The van der Waals surface area contributed by atoms with E-state index in [2.05, 4.69) is 40.1 Å².